The van der Waals surface area contributed by atoms with Crippen LogP contribution in [0.5, 0.6) is 17.2 Å². The Bertz CT molecular complexity index is 2480. The SMILES string of the molecule is COc1cc([C@@H]2c3[nH]c4ccccc4c3CC3COC(=O)N32)cc(OC)c1OC(=O)NCCCC[C@H](NC(=O)CCCc1ccc(N(CCCl)CCCl)cc1)C(=O)N[C@H](CCCCC1CCCCCCCC1)C(N)=O. The molecule has 1 aliphatic carbocycles. The summed E-state index contributed by atoms with van der Waals surface area (Å²) in [6.45, 7) is 1.83. The highest BCUT2D eigenvalue weighted by atomic mass is 35.5. The predicted molar refractivity (Wildman–Crippen MR) is 293 cm³/mol. The van der Waals surface area contributed by atoms with Crippen molar-refractivity contribution in [3.8, 4) is 17.2 Å². The number of aromatic amines is 1. The number of rotatable bonds is 27. The Morgan fingerprint density at radius 2 is 1.51 bits per heavy atom. The Morgan fingerprint density at radius 3 is 2.19 bits per heavy atom. The number of hydrogen-bond acceptors (Lipinski definition) is 10. The van der Waals surface area contributed by atoms with Gasteiger partial charge in [0, 0.05) is 60.1 Å². The van der Waals surface area contributed by atoms with Crippen LogP contribution in [0.15, 0.2) is 60.7 Å². The fourth-order valence-electron chi connectivity index (χ4n) is 11.1. The number of aromatic nitrogens is 1. The summed E-state index contributed by atoms with van der Waals surface area (Å²) < 4.78 is 22.9. The molecule has 18 heteroatoms. The summed E-state index contributed by atoms with van der Waals surface area (Å²) in [6, 6.07) is 17.1. The highest BCUT2D eigenvalue weighted by Crippen LogP contribution is 2.47. The van der Waals surface area contributed by atoms with Gasteiger partial charge < -0.3 is 50.5 Å². The van der Waals surface area contributed by atoms with Crippen LogP contribution in [0.4, 0.5) is 15.3 Å². The van der Waals surface area contributed by atoms with Crippen molar-refractivity contribution < 1.29 is 42.9 Å². The van der Waals surface area contributed by atoms with Gasteiger partial charge in [-0.05, 0) is 97.9 Å². The van der Waals surface area contributed by atoms with Gasteiger partial charge in [0.2, 0.25) is 23.5 Å². The number of ether oxygens (including phenoxy) is 4. The molecule has 1 saturated heterocycles. The predicted octanol–water partition coefficient (Wildman–Crippen LogP) is 9.98. The lowest BCUT2D eigenvalue weighted by atomic mass is 9.89. The van der Waals surface area contributed by atoms with Crippen LogP contribution in [0, 0.1) is 5.92 Å². The number of nitrogens with two attached hydrogens (primary N) is 1. The highest BCUT2D eigenvalue weighted by Gasteiger charge is 2.46. The summed E-state index contributed by atoms with van der Waals surface area (Å²) in [5.41, 5.74) is 11.6. The third-order valence-corrected chi connectivity index (χ3v) is 15.4. The van der Waals surface area contributed by atoms with Crippen molar-refractivity contribution in [3.05, 3.63) is 83.0 Å². The van der Waals surface area contributed by atoms with E-state index in [4.69, 9.17) is 47.9 Å². The molecule has 4 aromatic rings. The number of aryl methyl sites for hydroxylation is 1. The molecule has 7 rings (SSSR count). The van der Waals surface area contributed by atoms with E-state index in [0.29, 0.717) is 74.9 Å². The molecule has 2 aliphatic heterocycles. The van der Waals surface area contributed by atoms with Crippen molar-refractivity contribution in [2.75, 3.05) is 57.1 Å². The van der Waals surface area contributed by atoms with Gasteiger partial charge in [-0.15, -0.1) is 23.2 Å². The van der Waals surface area contributed by atoms with E-state index >= 15 is 0 Å². The minimum atomic E-state index is -0.936. The zero-order valence-corrected chi connectivity index (χ0v) is 45.3. The molecule has 3 aliphatic rings. The normalized spacial score (nSPS) is 17.5. The third-order valence-electron chi connectivity index (χ3n) is 15.0. The number of hydrogen-bond donors (Lipinski definition) is 5. The van der Waals surface area contributed by atoms with Crippen LogP contribution in [0.1, 0.15) is 138 Å². The number of unbranched alkanes of at least 4 members (excludes halogenated alkanes) is 2. The number of fused-ring (bicyclic) bond motifs is 4. The van der Waals surface area contributed by atoms with Gasteiger partial charge >= 0.3 is 12.2 Å². The summed E-state index contributed by atoms with van der Waals surface area (Å²) in [5.74, 6) is 0.806. The van der Waals surface area contributed by atoms with E-state index < -0.39 is 42.1 Å². The zero-order valence-electron chi connectivity index (χ0n) is 43.7. The number of alkyl halides is 2. The van der Waals surface area contributed by atoms with E-state index in [9.17, 15) is 24.0 Å². The standard InChI is InChI=1S/C57H77Cl2N7O9/c1-72-48-34-40(52-51-44(36-42-37-74-57(71)66(42)52)43-20-10-12-21-45(43)63-51)35-49(73-2)53(48)75-56(70)61-31-14-13-23-47(62-50(67)24-15-19-39-25-27-41(28-26-39)65(32-29-58)33-30-59)55(69)64-46(54(60)68)22-11-9-18-38-16-7-5-3-4-6-8-17-38/h10,12,20-21,25-28,34-35,38,42,46-47,52,63H,3-9,11,13-19,22-24,29-33,36-37H2,1-2H3,(H2,60,68)(H,61,70)(H,62,67)(H,64,69)/t42?,46-,47+,52-/m1/s1. The minimum absolute atomic E-state index is 0.0568. The number of H-pyrrole nitrogens is 1. The second kappa shape index (κ2) is 28.9. The molecule has 3 heterocycles. The lowest BCUT2D eigenvalue weighted by Gasteiger charge is -2.36. The zero-order chi connectivity index (χ0) is 53.1. The van der Waals surface area contributed by atoms with Crippen LogP contribution in [0.25, 0.3) is 10.9 Å². The molecule has 0 radical (unpaired) electrons. The smallest absolute Gasteiger partial charge is 0.412 e. The first-order valence-corrected chi connectivity index (χ1v) is 28.2. The van der Waals surface area contributed by atoms with E-state index in [0.717, 1.165) is 52.7 Å². The van der Waals surface area contributed by atoms with Crippen LogP contribution in [-0.4, -0.2) is 110 Å². The molecule has 6 N–H and O–H groups in total. The quantitative estimate of drug-likeness (QED) is 0.0282. The van der Waals surface area contributed by atoms with Crippen molar-refractivity contribution in [2.45, 2.75) is 146 Å². The molecule has 75 heavy (non-hydrogen) atoms. The first-order valence-electron chi connectivity index (χ1n) is 27.1. The van der Waals surface area contributed by atoms with Crippen LogP contribution in [0.3, 0.4) is 0 Å². The monoisotopic (exact) mass is 1070 g/mol. The van der Waals surface area contributed by atoms with Crippen molar-refractivity contribution in [1.29, 1.82) is 0 Å². The summed E-state index contributed by atoms with van der Waals surface area (Å²) >= 11 is 12.0. The molecule has 5 amide bonds. The van der Waals surface area contributed by atoms with Gasteiger partial charge in [-0.2, -0.15) is 0 Å². The first-order chi connectivity index (χ1) is 36.5. The number of carbonyl (C=O) groups is 5. The Hall–Kier alpha value is -5.87. The van der Waals surface area contributed by atoms with Crippen LogP contribution >= 0.6 is 23.2 Å². The van der Waals surface area contributed by atoms with Crippen molar-refractivity contribution >= 4 is 69.7 Å². The van der Waals surface area contributed by atoms with Gasteiger partial charge in [0.05, 0.1) is 20.3 Å². The topological polar surface area (TPSA) is 207 Å². The molecule has 1 saturated carbocycles. The Kier molecular flexibility index (Phi) is 21.9. The number of benzene rings is 3. The second-order valence-electron chi connectivity index (χ2n) is 20.2. The number of anilines is 1. The molecule has 0 bridgehead atoms. The molecular weight excluding hydrogens is 998 g/mol. The number of primary amides is 1. The molecule has 1 unspecified atom stereocenters. The largest absolute Gasteiger partial charge is 0.493 e. The van der Waals surface area contributed by atoms with Gasteiger partial charge in [0.1, 0.15) is 24.7 Å². The summed E-state index contributed by atoms with van der Waals surface area (Å²) in [6.07, 6.45) is 15.5. The van der Waals surface area contributed by atoms with Gasteiger partial charge in [0.25, 0.3) is 0 Å². The summed E-state index contributed by atoms with van der Waals surface area (Å²) in [4.78, 5) is 74.1. The number of methoxy groups -OCH3 is 2. The van der Waals surface area contributed by atoms with Gasteiger partial charge in [-0.3, -0.25) is 19.3 Å². The average molecular weight is 1080 g/mol. The Balaban J connectivity index is 0.950. The maximum Gasteiger partial charge on any atom is 0.412 e. The van der Waals surface area contributed by atoms with Crippen molar-refractivity contribution in [2.24, 2.45) is 11.7 Å². The lowest BCUT2D eigenvalue weighted by molar-refractivity contribution is -0.131. The van der Waals surface area contributed by atoms with Crippen LogP contribution in [-0.2, 0) is 32.0 Å². The number of nitrogens with zero attached hydrogens (tertiary/aromatic N) is 2. The third kappa shape index (κ3) is 15.6. The van der Waals surface area contributed by atoms with Crippen LogP contribution < -0.4 is 40.8 Å². The summed E-state index contributed by atoms with van der Waals surface area (Å²) in [5, 5.41) is 9.67. The van der Waals surface area contributed by atoms with Gasteiger partial charge in [-0.25, -0.2) is 9.59 Å². The van der Waals surface area contributed by atoms with E-state index in [1.807, 2.05) is 42.5 Å². The molecular formula is C57H77Cl2N7O9. The lowest BCUT2D eigenvalue weighted by Crippen LogP contribution is -2.53. The Labute approximate surface area is 451 Å². The van der Waals surface area contributed by atoms with Gasteiger partial charge in [-0.1, -0.05) is 101 Å². The van der Waals surface area contributed by atoms with Crippen molar-refractivity contribution in [3.63, 3.8) is 0 Å². The van der Waals surface area contributed by atoms with Crippen LogP contribution in [0.2, 0.25) is 0 Å². The fraction of sp³-hybridized carbons (Fsp3) is 0.561. The summed E-state index contributed by atoms with van der Waals surface area (Å²) in [7, 11) is 2.93. The maximum absolute atomic E-state index is 14.0. The number of cyclic esters (lactones) is 1. The first kappa shape index (κ1) is 56.8. The minimum Gasteiger partial charge on any atom is -0.493 e. The number of amides is 5. The van der Waals surface area contributed by atoms with E-state index in [1.165, 1.54) is 65.6 Å². The molecule has 1 aromatic heterocycles. The number of carbonyl (C=O) groups excluding carboxylic acids is 5. The number of nitrogens with one attached hydrogen (secondary N) is 4. The average Bonchev–Trinajstić information content (AvgIpc) is 4.03. The van der Waals surface area contributed by atoms with Gasteiger partial charge in [0.15, 0.2) is 11.5 Å². The highest BCUT2D eigenvalue weighted by molar-refractivity contribution is 6.18. The molecule has 408 valence electrons. The number of halogens is 2. The Morgan fingerprint density at radius 1 is 0.840 bits per heavy atom. The fourth-order valence-corrected chi connectivity index (χ4v) is 11.5. The molecule has 4 atom stereocenters. The molecule has 0 spiro atoms. The van der Waals surface area contributed by atoms with E-state index in [2.05, 4.69) is 31.9 Å². The van der Waals surface area contributed by atoms with E-state index in [1.54, 1.807) is 17.0 Å². The molecule has 16 nitrogen and oxygen atoms in total. The van der Waals surface area contributed by atoms with E-state index in [-0.39, 0.29) is 55.2 Å². The number of para-hydroxylation sites is 1. The maximum atomic E-state index is 14.0. The molecule has 2 fully saturated rings. The second-order valence-corrected chi connectivity index (χ2v) is 20.9. The molecule has 3 aromatic carbocycles. The van der Waals surface area contributed by atoms with Crippen molar-refractivity contribution in [1.82, 2.24) is 25.8 Å².